The molecular weight excluding hydrogens is 473 g/mol. The summed E-state index contributed by atoms with van der Waals surface area (Å²) in [5, 5.41) is 3.91. The van der Waals surface area contributed by atoms with Crippen LogP contribution in [0.4, 0.5) is 21.6 Å². The maximum Gasteiger partial charge on any atom is 0.263 e. The summed E-state index contributed by atoms with van der Waals surface area (Å²) in [6.45, 7) is 4.28. The van der Waals surface area contributed by atoms with Crippen LogP contribution in [0, 0.1) is 12.7 Å². The SMILES string of the molecule is C=S(C)(=O)Nc1cc(C)c2c(Nc3ccc(F)cc3O[C@H](C)C(=O)N(C)CCOC)ncnc2c1. The molecule has 3 aromatic rings. The Kier molecular flexibility index (Phi) is 8.13. The summed E-state index contributed by atoms with van der Waals surface area (Å²) in [5.74, 6) is 3.48. The van der Waals surface area contributed by atoms with Crippen molar-refractivity contribution < 1.29 is 22.9 Å². The Morgan fingerprint density at radius 3 is 2.71 bits per heavy atom. The van der Waals surface area contributed by atoms with E-state index < -0.39 is 21.6 Å². The van der Waals surface area contributed by atoms with E-state index in [1.165, 1.54) is 35.7 Å². The van der Waals surface area contributed by atoms with Crippen LogP contribution in [0.1, 0.15) is 12.5 Å². The summed E-state index contributed by atoms with van der Waals surface area (Å²) in [5.41, 5.74) is 2.49. The third-order valence-electron chi connectivity index (χ3n) is 5.12. The van der Waals surface area contributed by atoms with Crippen molar-refractivity contribution in [2.45, 2.75) is 20.0 Å². The summed E-state index contributed by atoms with van der Waals surface area (Å²) in [6.07, 6.45) is 2.04. The number of benzene rings is 2. The molecule has 2 atom stereocenters. The molecule has 0 spiro atoms. The minimum absolute atomic E-state index is 0.163. The number of nitrogens with one attached hydrogen (secondary N) is 2. The van der Waals surface area contributed by atoms with E-state index in [0.717, 1.165) is 10.9 Å². The van der Waals surface area contributed by atoms with Crippen LogP contribution in [0.2, 0.25) is 0 Å². The predicted octanol–water partition coefficient (Wildman–Crippen LogP) is 3.37. The molecule has 0 radical (unpaired) electrons. The van der Waals surface area contributed by atoms with Gasteiger partial charge in [-0.15, -0.1) is 0 Å². The van der Waals surface area contributed by atoms with Gasteiger partial charge in [-0.05, 0) is 49.5 Å². The van der Waals surface area contributed by atoms with Gasteiger partial charge in [0.05, 0.1) is 17.8 Å². The molecule has 1 amide bonds. The van der Waals surface area contributed by atoms with E-state index in [1.54, 1.807) is 27.1 Å². The molecule has 0 bridgehead atoms. The molecule has 2 N–H and O–H groups in total. The van der Waals surface area contributed by atoms with Crippen molar-refractivity contribution in [2.24, 2.45) is 0 Å². The summed E-state index contributed by atoms with van der Waals surface area (Å²) in [7, 11) is 0.746. The van der Waals surface area contributed by atoms with Crippen molar-refractivity contribution in [3.8, 4) is 5.75 Å². The Morgan fingerprint density at radius 2 is 2.03 bits per heavy atom. The van der Waals surface area contributed by atoms with Crippen molar-refractivity contribution in [3.63, 3.8) is 0 Å². The standard InChI is InChI=1S/C24H30FN5O4S/c1-15-11-18(29-35(5,6)32)13-20-22(15)23(27-14-26-20)28-19-8-7-17(25)12-21(19)34-16(2)24(31)30(3)9-10-33-4/h7-8,11-14,16H,5,9-10H2,1-4,6H3,(H,29,32)(H,26,27,28)/t16-,35?/m1/s1. The quantitative estimate of drug-likeness (QED) is 0.409. The first-order valence-corrected chi connectivity index (χ1v) is 12.9. The Bertz CT molecular complexity index is 1330. The molecule has 0 aliphatic carbocycles. The number of hydrogen-bond acceptors (Lipinski definition) is 7. The smallest absolute Gasteiger partial charge is 0.263 e. The third kappa shape index (κ3) is 6.80. The van der Waals surface area contributed by atoms with Crippen molar-refractivity contribution in [3.05, 3.63) is 48.0 Å². The number of anilines is 3. The minimum Gasteiger partial charge on any atom is -0.479 e. The lowest BCUT2D eigenvalue weighted by Gasteiger charge is -2.23. The van der Waals surface area contributed by atoms with E-state index in [2.05, 4.69) is 25.9 Å². The highest BCUT2D eigenvalue weighted by Gasteiger charge is 2.21. The molecule has 9 nitrogen and oxygen atoms in total. The highest BCUT2D eigenvalue weighted by Crippen LogP contribution is 2.33. The first kappa shape index (κ1) is 26.2. The number of carbonyl (C=O) groups excluding carboxylic acids is 1. The number of nitrogens with zero attached hydrogens (tertiary/aromatic N) is 3. The molecule has 1 aromatic heterocycles. The monoisotopic (exact) mass is 503 g/mol. The lowest BCUT2D eigenvalue weighted by Crippen LogP contribution is -2.39. The molecular formula is C24H30FN5O4S. The lowest BCUT2D eigenvalue weighted by atomic mass is 10.1. The minimum atomic E-state index is -2.46. The average molecular weight is 504 g/mol. The van der Waals surface area contributed by atoms with E-state index in [1.807, 2.05) is 13.0 Å². The zero-order chi connectivity index (χ0) is 25.8. The van der Waals surface area contributed by atoms with Crippen LogP contribution >= 0.6 is 0 Å². The van der Waals surface area contributed by atoms with E-state index in [-0.39, 0.29) is 11.7 Å². The molecule has 0 aliphatic rings. The van der Waals surface area contributed by atoms with Crippen molar-refractivity contribution in [1.82, 2.24) is 14.9 Å². The summed E-state index contributed by atoms with van der Waals surface area (Å²) < 4.78 is 39.9. The van der Waals surface area contributed by atoms with Crippen molar-refractivity contribution in [1.29, 1.82) is 0 Å². The van der Waals surface area contributed by atoms with Crippen molar-refractivity contribution >= 4 is 49.6 Å². The number of aromatic nitrogens is 2. The number of ether oxygens (including phenoxy) is 2. The first-order chi connectivity index (χ1) is 16.5. The van der Waals surface area contributed by atoms with E-state index in [4.69, 9.17) is 9.47 Å². The lowest BCUT2D eigenvalue weighted by molar-refractivity contribution is -0.137. The van der Waals surface area contributed by atoms with Gasteiger partial charge in [0.2, 0.25) is 0 Å². The molecule has 35 heavy (non-hydrogen) atoms. The molecule has 0 saturated carbocycles. The van der Waals surface area contributed by atoms with Crippen LogP contribution in [0.15, 0.2) is 36.7 Å². The Morgan fingerprint density at radius 1 is 1.29 bits per heavy atom. The van der Waals surface area contributed by atoms with Gasteiger partial charge in [-0.1, -0.05) is 0 Å². The van der Waals surface area contributed by atoms with Crippen LogP contribution < -0.4 is 14.8 Å². The molecule has 2 aromatic carbocycles. The van der Waals surface area contributed by atoms with Gasteiger partial charge in [-0.2, -0.15) is 0 Å². The van der Waals surface area contributed by atoms with Gasteiger partial charge in [0.25, 0.3) is 5.91 Å². The van der Waals surface area contributed by atoms with Gasteiger partial charge in [0.1, 0.15) is 23.7 Å². The largest absolute Gasteiger partial charge is 0.479 e. The number of fused-ring (bicyclic) bond motifs is 1. The molecule has 11 heteroatoms. The Labute approximate surface area is 204 Å². The molecule has 1 heterocycles. The van der Waals surface area contributed by atoms with Gasteiger partial charge < -0.3 is 24.4 Å². The highest BCUT2D eigenvalue weighted by atomic mass is 32.2. The number of likely N-dealkylation sites (N-methyl/N-ethyl adjacent to an activating group) is 1. The van der Waals surface area contributed by atoms with Crippen molar-refractivity contribution in [2.75, 3.05) is 43.6 Å². The van der Waals surface area contributed by atoms with Gasteiger partial charge in [0, 0.05) is 53.8 Å². The summed E-state index contributed by atoms with van der Waals surface area (Å²) in [4.78, 5) is 22.8. The Hall–Kier alpha value is -3.44. The number of carbonyl (C=O) groups is 1. The predicted molar refractivity (Wildman–Crippen MR) is 138 cm³/mol. The number of halogens is 1. The molecule has 1 unspecified atom stereocenters. The zero-order valence-corrected chi connectivity index (χ0v) is 21.2. The zero-order valence-electron chi connectivity index (χ0n) is 20.4. The summed E-state index contributed by atoms with van der Waals surface area (Å²) >= 11 is 0. The van der Waals surface area contributed by atoms with E-state index in [0.29, 0.717) is 35.9 Å². The fourth-order valence-corrected chi connectivity index (χ4v) is 4.13. The molecule has 3 rings (SSSR count). The number of hydrogen-bond donors (Lipinski definition) is 2. The number of aryl methyl sites for hydroxylation is 1. The van der Waals surface area contributed by atoms with Crippen LogP contribution in [0.3, 0.4) is 0 Å². The average Bonchev–Trinajstić information content (AvgIpc) is 2.77. The van der Waals surface area contributed by atoms with Crippen LogP contribution in [-0.4, -0.2) is 70.5 Å². The van der Waals surface area contributed by atoms with Gasteiger partial charge in [0.15, 0.2) is 6.10 Å². The maximum absolute atomic E-state index is 14.1. The van der Waals surface area contributed by atoms with Crippen LogP contribution in [-0.2, 0) is 19.2 Å². The second kappa shape index (κ2) is 10.9. The van der Waals surface area contributed by atoms with Crippen LogP contribution in [0.25, 0.3) is 10.9 Å². The number of amides is 1. The fourth-order valence-electron chi connectivity index (χ4n) is 3.51. The second-order valence-electron chi connectivity index (χ2n) is 8.29. The second-order valence-corrected chi connectivity index (χ2v) is 10.5. The Balaban J connectivity index is 1.92. The molecule has 0 fully saturated rings. The first-order valence-electron chi connectivity index (χ1n) is 10.8. The van der Waals surface area contributed by atoms with E-state index in [9.17, 15) is 13.4 Å². The number of methoxy groups -OCH3 is 1. The normalized spacial score (nSPS) is 13.7. The fraction of sp³-hybridized carbons (Fsp3) is 0.333. The van der Waals surface area contributed by atoms with Gasteiger partial charge >= 0.3 is 0 Å². The molecule has 188 valence electrons. The van der Waals surface area contributed by atoms with E-state index >= 15 is 0 Å². The third-order valence-corrected chi connectivity index (χ3v) is 5.79. The summed E-state index contributed by atoms with van der Waals surface area (Å²) in [6, 6.07) is 7.60. The molecule has 0 aliphatic heterocycles. The highest BCUT2D eigenvalue weighted by molar-refractivity contribution is 8.00. The van der Waals surface area contributed by atoms with Gasteiger partial charge in [-0.3, -0.25) is 4.79 Å². The van der Waals surface area contributed by atoms with Crippen LogP contribution in [0.5, 0.6) is 5.75 Å². The topological polar surface area (TPSA) is 106 Å². The number of rotatable bonds is 10. The maximum atomic E-state index is 14.1. The van der Waals surface area contributed by atoms with Gasteiger partial charge in [-0.25, -0.2) is 18.6 Å². The molecule has 0 saturated heterocycles.